The van der Waals surface area contributed by atoms with Crippen molar-refractivity contribution in [1.29, 1.82) is 0 Å². The van der Waals surface area contributed by atoms with E-state index in [-0.39, 0.29) is 11.3 Å². The molecule has 0 unspecified atom stereocenters. The summed E-state index contributed by atoms with van der Waals surface area (Å²) in [7, 11) is 0. The maximum atomic E-state index is 12.7. The lowest BCUT2D eigenvalue weighted by Crippen LogP contribution is -2.43. The van der Waals surface area contributed by atoms with Crippen LogP contribution in [0.1, 0.15) is 49.8 Å². The second-order valence-electron chi connectivity index (χ2n) is 8.30. The van der Waals surface area contributed by atoms with Crippen LogP contribution in [0.5, 0.6) is 0 Å². The second-order valence-corrected chi connectivity index (χ2v) is 8.30. The predicted octanol–water partition coefficient (Wildman–Crippen LogP) is 2.10. The van der Waals surface area contributed by atoms with Gasteiger partial charge in [0.25, 0.3) is 0 Å². The Balaban J connectivity index is 1.37. The van der Waals surface area contributed by atoms with Crippen LogP contribution in [0.25, 0.3) is 0 Å². The van der Waals surface area contributed by atoms with Gasteiger partial charge in [0.15, 0.2) is 0 Å². The molecule has 6 heteroatoms. The zero-order chi connectivity index (χ0) is 16.9. The third-order valence-corrected chi connectivity index (χ3v) is 6.37. The SMILES string of the molecule is O=C(C1CCC1)N1CC[C@@]2(COCc3cnc(NCC4CC4)nc32)C1. The van der Waals surface area contributed by atoms with Crippen molar-refractivity contribution in [2.75, 3.05) is 31.6 Å². The number of carbonyl (C=O) groups excluding carboxylic acids is 1. The van der Waals surface area contributed by atoms with Crippen LogP contribution in [0, 0.1) is 11.8 Å². The third kappa shape index (κ3) is 2.80. The fourth-order valence-corrected chi connectivity index (χ4v) is 4.32. The van der Waals surface area contributed by atoms with Crippen LogP contribution in [0.15, 0.2) is 6.20 Å². The standard InChI is InChI=1S/C19H26N4O2/c24-17(14-2-1-3-14)23-7-6-19(11-23)12-25-10-15-9-21-18(22-16(15)19)20-8-13-4-5-13/h9,13-14H,1-8,10-12H2,(H,20,21,22)/t19-/m0/s1. The molecule has 4 aliphatic rings. The first-order valence-corrected chi connectivity index (χ1v) is 9.70. The van der Waals surface area contributed by atoms with E-state index in [0.717, 1.165) is 62.0 Å². The highest BCUT2D eigenvalue weighted by molar-refractivity contribution is 5.80. The van der Waals surface area contributed by atoms with Gasteiger partial charge in [0, 0.05) is 37.3 Å². The van der Waals surface area contributed by atoms with Crippen LogP contribution in [0.2, 0.25) is 0 Å². The third-order valence-electron chi connectivity index (χ3n) is 6.37. The number of nitrogens with one attached hydrogen (secondary N) is 1. The first kappa shape index (κ1) is 15.6. The predicted molar refractivity (Wildman–Crippen MR) is 93.1 cm³/mol. The Bertz CT molecular complexity index is 686. The molecule has 25 heavy (non-hydrogen) atoms. The molecule has 0 radical (unpaired) electrons. The molecule has 2 aliphatic heterocycles. The summed E-state index contributed by atoms with van der Waals surface area (Å²) in [4.78, 5) is 24.1. The molecule has 1 aromatic rings. The summed E-state index contributed by atoms with van der Waals surface area (Å²) in [6, 6.07) is 0. The van der Waals surface area contributed by atoms with Gasteiger partial charge in [-0.2, -0.15) is 0 Å². The van der Waals surface area contributed by atoms with Crippen molar-refractivity contribution in [2.45, 2.75) is 50.5 Å². The smallest absolute Gasteiger partial charge is 0.225 e. The summed E-state index contributed by atoms with van der Waals surface area (Å²) in [6.07, 6.45) is 8.80. The highest BCUT2D eigenvalue weighted by atomic mass is 16.5. The summed E-state index contributed by atoms with van der Waals surface area (Å²) in [5.41, 5.74) is 2.04. The quantitative estimate of drug-likeness (QED) is 0.908. The maximum Gasteiger partial charge on any atom is 0.225 e. The van der Waals surface area contributed by atoms with E-state index in [1.165, 1.54) is 19.3 Å². The van der Waals surface area contributed by atoms with E-state index in [0.29, 0.717) is 19.1 Å². The monoisotopic (exact) mass is 342 g/mol. The van der Waals surface area contributed by atoms with Crippen LogP contribution in [0.4, 0.5) is 5.95 Å². The molecular formula is C19H26N4O2. The number of anilines is 1. The fourth-order valence-electron chi connectivity index (χ4n) is 4.32. The molecule has 2 saturated carbocycles. The molecule has 6 nitrogen and oxygen atoms in total. The number of aromatic nitrogens is 2. The Morgan fingerprint density at radius 1 is 1.36 bits per heavy atom. The van der Waals surface area contributed by atoms with Gasteiger partial charge >= 0.3 is 0 Å². The van der Waals surface area contributed by atoms with Crippen molar-refractivity contribution >= 4 is 11.9 Å². The van der Waals surface area contributed by atoms with Crippen LogP contribution >= 0.6 is 0 Å². The minimum Gasteiger partial charge on any atom is -0.376 e. The molecule has 1 aromatic heterocycles. The lowest BCUT2D eigenvalue weighted by molar-refractivity contribution is -0.137. The molecular weight excluding hydrogens is 316 g/mol. The van der Waals surface area contributed by atoms with Crippen molar-refractivity contribution in [3.05, 3.63) is 17.5 Å². The average molecular weight is 342 g/mol. The van der Waals surface area contributed by atoms with E-state index in [1.807, 2.05) is 6.20 Å². The molecule has 0 aromatic carbocycles. The highest BCUT2D eigenvalue weighted by Crippen LogP contribution is 2.41. The Kier molecular flexibility index (Phi) is 3.69. The molecule has 1 amide bonds. The average Bonchev–Trinajstić information content (AvgIpc) is 3.31. The minimum absolute atomic E-state index is 0.147. The lowest BCUT2D eigenvalue weighted by atomic mass is 9.80. The molecule has 2 aliphatic carbocycles. The van der Waals surface area contributed by atoms with Gasteiger partial charge in [0.05, 0.1) is 24.3 Å². The van der Waals surface area contributed by atoms with Crippen molar-refractivity contribution in [3.8, 4) is 0 Å². The number of rotatable bonds is 4. The molecule has 3 heterocycles. The molecule has 1 spiro atoms. The van der Waals surface area contributed by atoms with Crippen LogP contribution in [-0.4, -0.2) is 47.0 Å². The lowest BCUT2D eigenvalue weighted by Gasteiger charge is -2.35. The van der Waals surface area contributed by atoms with Crippen molar-refractivity contribution in [2.24, 2.45) is 11.8 Å². The largest absolute Gasteiger partial charge is 0.376 e. The molecule has 0 bridgehead atoms. The zero-order valence-corrected chi connectivity index (χ0v) is 14.7. The van der Waals surface area contributed by atoms with Gasteiger partial charge in [-0.3, -0.25) is 4.79 Å². The normalized spacial score (nSPS) is 28.7. The summed E-state index contributed by atoms with van der Waals surface area (Å²) in [5.74, 6) is 2.13. The van der Waals surface area contributed by atoms with Gasteiger partial charge in [0.1, 0.15) is 0 Å². The van der Waals surface area contributed by atoms with Gasteiger partial charge in [-0.1, -0.05) is 6.42 Å². The van der Waals surface area contributed by atoms with Crippen LogP contribution < -0.4 is 5.32 Å². The number of likely N-dealkylation sites (tertiary alicyclic amines) is 1. The van der Waals surface area contributed by atoms with Crippen molar-refractivity contribution in [3.63, 3.8) is 0 Å². The van der Waals surface area contributed by atoms with Gasteiger partial charge < -0.3 is 15.0 Å². The van der Waals surface area contributed by atoms with E-state index in [1.54, 1.807) is 0 Å². The summed E-state index contributed by atoms with van der Waals surface area (Å²) in [5, 5.41) is 3.39. The topological polar surface area (TPSA) is 67.4 Å². The van der Waals surface area contributed by atoms with E-state index in [2.05, 4.69) is 15.2 Å². The Morgan fingerprint density at radius 3 is 3.00 bits per heavy atom. The molecule has 5 rings (SSSR count). The first-order chi connectivity index (χ1) is 12.2. The number of fused-ring (bicyclic) bond motifs is 2. The molecule has 1 saturated heterocycles. The minimum atomic E-state index is -0.147. The number of hydrogen-bond acceptors (Lipinski definition) is 5. The Hall–Kier alpha value is -1.69. The Morgan fingerprint density at radius 2 is 2.24 bits per heavy atom. The number of hydrogen-bond donors (Lipinski definition) is 1. The number of carbonyl (C=O) groups is 1. The van der Waals surface area contributed by atoms with E-state index in [9.17, 15) is 4.79 Å². The van der Waals surface area contributed by atoms with Crippen molar-refractivity contribution < 1.29 is 9.53 Å². The maximum absolute atomic E-state index is 12.7. The first-order valence-electron chi connectivity index (χ1n) is 9.70. The van der Waals surface area contributed by atoms with Crippen LogP contribution in [0.3, 0.4) is 0 Å². The van der Waals surface area contributed by atoms with E-state index < -0.39 is 0 Å². The number of amides is 1. The fraction of sp³-hybridized carbons (Fsp3) is 0.737. The summed E-state index contributed by atoms with van der Waals surface area (Å²) >= 11 is 0. The molecule has 1 atom stereocenters. The van der Waals surface area contributed by atoms with Gasteiger partial charge in [0.2, 0.25) is 11.9 Å². The summed E-state index contributed by atoms with van der Waals surface area (Å²) < 4.78 is 5.87. The number of ether oxygens (including phenoxy) is 1. The van der Waals surface area contributed by atoms with Gasteiger partial charge in [-0.25, -0.2) is 9.97 Å². The molecule has 134 valence electrons. The molecule has 3 fully saturated rings. The highest BCUT2D eigenvalue weighted by Gasteiger charge is 2.47. The number of nitrogens with zero attached hydrogens (tertiary/aromatic N) is 3. The molecule has 1 N–H and O–H groups in total. The van der Waals surface area contributed by atoms with E-state index >= 15 is 0 Å². The van der Waals surface area contributed by atoms with Crippen LogP contribution in [-0.2, 0) is 21.6 Å². The van der Waals surface area contributed by atoms with E-state index in [4.69, 9.17) is 9.72 Å². The second kappa shape index (κ2) is 5.94. The summed E-state index contributed by atoms with van der Waals surface area (Å²) in [6.45, 7) is 3.78. The van der Waals surface area contributed by atoms with Gasteiger partial charge in [-0.15, -0.1) is 0 Å². The Labute approximate surface area is 148 Å². The van der Waals surface area contributed by atoms with Gasteiger partial charge in [-0.05, 0) is 38.0 Å². The zero-order valence-electron chi connectivity index (χ0n) is 14.7. The van der Waals surface area contributed by atoms with Crippen molar-refractivity contribution in [1.82, 2.24) is 14.9 Å².